The largest absolute Gasteiger partial charge is 0.726 e. The highest BCUT2D eigenvalue weighted by atomic mass is 32.3. The molecule has 8 fully saturated rings. The summed E-state index contributed by atoms with van der Waals surface area (Å²) in [5.41, 5.74) is 4.13. The van der Waals surface area contributed by atoms with Gasteiger partial charge in [-0.05, 0) is 176 Å². The zero-order valence-corrected chi connectivity index (χ0v) is 48.2. The number of allylic oxidation sites excluding steroid dienone is 3. The van der Waals surface area contributed by atoms with Crippen LogP contribution in [0.1, 0.15) is 178 Å². The molecule has 0 amide bonds. The van der Waals surface area contributed by atoms with E-state index in [-0.39, 0.29) is 58.7 Å². The second-order valence-corrected chi connectivity index (χ2v) is 30.8. The lowest BCUT2D eigenvalue weighted by atomic mass is 9.46. The number of hydrogen-bond acceptors (Lipinski definition) is 16. The summed E-state index contributed by atoms with van der Waals surface area (Å²) in [5.74, 6) is -0.472. The predicted molar refractivity (Wildman–Crippen MR) is 272 cm³/mol. The smallest absolute Gasteiger partial charge is 0.218 e. The third-order valence-corrected chi connectivity index (χ3v) is 25.5. The van der Waals surface area contributed by atoms with Crippen molar-refractivity contribution in [3.63, 3.8) is 0 Å². The summed E-state index contributed by atoms with van der Waals surface area (Å²) in [6.07, 6.45) is 11.9. The minimum absolute atomic E-state index is 0.00246. The third-order valence-electron chi connectivity index (χ3n) is 24.1. The van der Waals surface area contributed by atoms with Gasteiger partial charge in [0.05, 0.1) is 36.1 Å². The van der Waals surface area contributed by atoms with Gasteiger partial charge in [0.2, 0.25) is 31.2 Å². The average molecular weight is 1110 g/mol. The molecular formula is C56H83O16S3-3. The Morgan fingerprint density at radius 3 is 2.01 bits per heavy atom. The van der Waals surface area contributed by atoms with E-state index >= 15 is 0 Å². The van der Waals surface area contributed by atoms with Crippen LogP contribution in [-0.2, 0) is 58.0 Å². The molecule has 0 unspecified atom stereocenters. The van der Waals surface area contributed by atoms with Crippen LogP contribution in [-0.4, -0.2) is 98.1 Å². The van der Waals surface area contributed by atoms with Crippen LogP contribution in [0, 0.1) is 80.8 Å². The lowest BCUT2D eigenvalue weighted by Gasteiger charge is -2.65. The molecule has 424 valence electrons. The normalized spacial score (nSPS) is 48.9. The van der Waals surface area contributed by atoms with Gasteiger partial charge in [0, 0.05) is 35.0 Å². The monoisotopic (exact) mass is 1110 g/mol. The summed E-state index contributed by atoms with van der Waals surface area (Å²) in [7, 11) is -15.5. The molecule has 4 saturated carbocycles. The molecule has 8 aliphatic carbocycles. The maximum atomic E-state index is 12.3. The van der Waals surface area contributed by atoms with E-state index in [0.717, 1.165) is 82.6 Å². The Balaban J connectivity index is 0.809. The number of aliphatic hydroxyl groups is 1. The van der Waals surface area contributed by atoms with E-state index in [9.17, 15) is 44.0 Å². The van der Waals surface area contributed by atoms with E-state index < -0.39 is 77.6 Å². The Hall–Kier alpha value is -1.33. The molecule has 1 N–H and O–H groups in total. The van der Waals surface area contributed by atoms with Crippen LogP contribution in [0.5, 0.6) is 0 Å². The summed E-state index contributed by atoms with van der Waals surface area (Å²) in [4.78, 5) is 0. The number of rotatable bonds is 12. The second-order valence-electron chi connectivity index (χ2n) is 27.8. The molecule has 4 saturated heterocycles. The number of ether oxygens (including phenoxy) is 3. The van der Waals surface area contributed by atoms with Crippen molar-refractivity contribution in [2.24, 2.45) is 80.8 Å². The van der Waals surface area contributed by atoms with Gasteiger partial charge in [0.15, 0.2) is 5.79 Å². The molecular weight excluding hydrogens is 1020 g/mol. The fourth-order valence-electron chi connectivity index (χ4n) is 20.7. The fraction of sp³-hybridized carbons (Fsp3) is 0.893. The van der Waals surface area contributed by atoms with Crippen LogP contribution in [0.4, 0.5) is 0 Å². The Morgan fingerprint density at radius 2 is 1.37 bits per heavy atom. The Labute approximate surface area is 447 Å². The van der Waals surface area contributed by atoms with E-state index in [0.29, 0.717) is 61.9 Å². The van der Waals surface area contributed by atoms with Gasteiger partial charge in [-0.1, -0.05) is 82.4 Å². The van der Waals surface area contributed by atoms with Gasteiger partial charge in [-0.25, -0.2) is 25.3 Å². The number of fused-ring (bicyclic) bond motifs is 10. The van der Waals surface area contributed by atoms with Crippen molar-refractivity contribution in [2.75, 3.05) is 6.61 Å². The topological polar surface area (TPSA) is 247 Å². The van der Waals surface area contributed by atoms with Crippen molar-refractivity contribution in [3.05, 3.63) is 33.9 Å². The summed E-state index contributed by atoms with van der Waals surface area (Å²) in [6, 6.07) is 0. The van der Waals surface area contributed by atoms with Crippen molar-refractivity contribution >= 4 is 31.2 Å². The van der Waals surface area contributed by atoms with Gasteiger partial charge in [-0.2, -0.15) is 0 Å². The highest BCUT2D eigenvalue weighted by Gasteiger charge is 2.68. The zero-order valence-electron chi connectivity index (χ0n) is 45.8. The molecule has 1 spiro atoms. The van der Waals surface area contributed by atoms with Crippen LogP contribution >= 0.6 is 0 Å². The van der Waals surface area contributed by atoms with E-state index in [1.165, 1.54) is 22.3 Å². The zero-order chi connectivity index (χ0) is 54.2. The molecule has 75 heavy (non-hydrogen) atoms. The summed E-state index contributed by atoms with van der Waals surface area (Å²) in [6.45, 7) is 22.5. The van der Waals surface area contributed by atoms with Crippen molar-refractivity contribution in [1.29, 1.82) is 0 Å². The lowest BCUT2D eigenvalue weighted by molar-refractivity contribution is -0.341. The van der Waals surface area contributed by atoms with Crippen molar-refractivity contribution in [2.45, 2.75) is 226 Å². The minimum atomic E-state index is -5.25. The molecule has 12 aliphatic rings. The van der Waals surface area contributed by atoms with E-state index in [1.807, 2.05) is 13.8 Å². The molecule has 16 nitrogen and oxygen atoms in total. The van der Waals surface area contributed by atoms with E-state index in [1.54, 1.807) is 6.92 Å². The fourth-order valence-corrected chi connectivity index (χ4v) is 22.3. The van der Waals surface area contributed by atoms with Gasteiger partial charge in [0.1, 0.15) is 12.2 Å². The average Bonchev–Trinajstić information content (AvgIpc) is 3.87. The van der Waals surface area contributed by atoms with E-state index in [4.69, 9.17) is 26.8 Å². The van der Waals surface area contributed by atoms with Crippen LogP contribution in [0.25, 0.3) is 0 Å². The summed E-state index contributed by atoms with van der Waals surface area (Å²) >= 11 is 0. The van der Waals surface area contributed by atoms with Crippen molar-refractivity contribution < 1.29 is 70.8 Å². The summed E-state index contributed by atoms with van der Waals surface area (Å²) in [5, 5.41) is 11.5. The molecule has 4 bridgehead atoms. The SMILES string of the molecule is C[C@H]([C@@H]1C[C@H]2C[C@](C)(OC2(C)C)[C@@H](CC[C@@H](C)[C@H]2CC[C@H]3C4=C(CC[C@]23C)[C@@]2(C)C[C@H](OS(=O)(=O)[O-])[C@@H](OS(=O)(=O)[O-])[C@H](C)C2=CC4)O1)[C@H]1CC[C@H]2C3=C(CC[C@]12C)[C@]12CC[C@](O)(OC1)[C@@H](C)[C@@H]2[C@@H](OS(=O)(=O)[O-])C3. The van der Waals surface area contributed by atoms with Gasteiger partial charge in [-0.3, -0.25) is 12.5 Å². The molecule has 4 heterocycles. The van der Waals surface area contributed by atoms with Gasteiger partial charge >= 0.3 is 0 Å². The van der Waals surface area contributed by atoms with Gasteiger partial charge < -0.3 is 33.0 Å². The highest BCUT2D eigenvalue weighted by Crippen LogP contribution is 2.71. The standard InChI is InChI=1S/C56H86O16S3/c1-30(37-14-16-40-35-12-13-39-32(3)49(71-75(64,65)66)46(70-74(61,62)63)28-53(39,9)42(35)19-21-51(37,40)7)11-18-47-54(10)27-34(50(5,6)72-54)25-44(68-47)31(2)38-15-17-41-36-26-45(69-73(58,59)60)48-33(4)56(57)24-23-55(48,29-67-56)43(36)20-22-52(38,41)8/h13,30-34,37-38,40-41,44-49,57H,11-12,14-29H2,1-10H3,(H,58,59,60)(H,61,62,63)(H,64,65,66)/p-3/t30-,31+,32-,33+,34+,37-,38-,40+,41+,44+,45+,46+,47-,48-,49+,51-,52-,53+,54+,55+,56+/m1/s1. The molecule has 0 aromatic carbocycles. The van der Waals surface area contributed by atoms with Crippen LogP contribution in [0.3, 0.4) is 0 Å². The maximum Gasteiger partial charge on any atom is 0.218 e. The minimum Gasteiger partial charge on any atom is -0.726 e. The van der Waals surface area contributed by atoms with Crippen molar-refractivity contribution in [3.8, 4) is 0 Å². The summed E-state index contributed by atoms with van der Waals surface area (Å²) < 4.78 is 145. The Bertz CT molecular complexity index is 2760. The molecule has 21 atom stereocenters. The first-order valence-electron chi connectivity index (χ1n) is 28.4. The Morgan fingerprint density at radius 1 is 0.760 bits per heavy atom. The first-order chi connectivity index (χ1) is 34.7. The first-order valence-corrected chi connectivity index (χ1v) is 32.4. The van der Waals surface area contributed by atoms with Crippen LogP contribution in [0.2, 0.25) is 0 Å². The lowest BCUT2D eigenvalue weighted by Crippen LogP contribution is -2.67. The van der Waals surface area contributed by atoms with E-state index in [2.05, 4.69) is 54.5 Å². The van der Waals surface area contributed by atoms with Crippen LogP contribution < -0.4 is 0 Å². The third kappa shape index (κ3) is 8.92. The molecule has 19 heteroatoms. The number of hydrogen-bond donors (Lipinski definition) is 1. The van der Waals surface area contributed by atoms with Crippen molar-refractivity contribution in [1.82, 2.24) is 0 Å². The maximum absolute atomic E-state index is 12.3. The first kappa shape index (κ1) is 55.6. The molecule has 4 aliphatic heterocycles. The van der Waals surface area contributed by atoms with Gasteiger partial charge in [-0.15, -0.1) is 0 Å². The van der Waals surface area contributed by atoms with Crippen LogP contribution in [0.15, 0.2) is 33.9 Å². The molecule has 0 aromatic rings. The van der Waals surface area contributed by atoms with Gasteiger partial charge in [0.25, 0.3) is 0 Å². The second kappa shape index (κ2) is 18.1. The molecule has 0 radical (unpaired) electrons. The molecule has 12 rings (SSSR count). The Kier molecular flexibility index (Phi) is 13.4. The quantitative estimate of drug-likeness (QED) is 0.109. The molecule has 0 aromatic heterocycles. The highest BCUT2D eigenvalue weighted by molar-refractivity contribution is 7.81. The predicted octanol–water partition coefficient (Wildman–Crippen LogP) is 9.08.